The van der Waals surface area contributed by atoms with Gasteiger partial charge in [-0.3, -0.25) is 0 Å². The molecule has 0 amide bonds. The van der Waals surface area contributed by atoms with Gasteiger partial charge >= 0.3 is 0 Å². The van der Waals surface area contributed by atoms with E-state index in [9.17, 15) is 0 Å². The number of anilines is 1. The van der Waals surface area contributed by atoms with Gasteiger partial charge in [0.05, 0.1) is 5.38 Å². The Bertz CT molecular complexity index is 331. The lowest BCUT2D eigenvalue weighted by Crippen LogP contribution is -2.29. The van der Waals surface area contributed by atoms with Gasteiger partial charge < -0.3 is 5.32 Å². The van der Waals surface area contributed by atoms with Crippen LogP contribution in [0.5, 0.6) is 0 Å². The summed E-state index contributed by atoms with van der Waals surface area (Å²) in [4.78, 5) is 8.50. The fourth-order valence-corrected chi connectivity index (χ4v) is 2.60. The van der Waals surface area contributed by atoms with Gasteiger partial charge in [-0.1, -0.05) is 19.3 Å². The van der Waals surface area contributed by atoms with Crippen LogP contribution in [0.4, 0.5) is 5.95 Å². The molecule has 0 aliphatic heterocycles. The maximum atomic E-state index is 6.35. The van der Waals surface area contributed by atoms with Crippen molar-refractivity contribution < 1.29 is 0 Å². The van der Waals surface area contributed by atoms with E-state index in [0.29, 0.717) is 12.0 Å². The summed E-state index contributed by atoms with van der Waals surface area (Å²) >= 11 is 8.55. The first-order valence-electron chi connectivity index (χ1n) is 5.64. The Morgan fingerprint density at radius 3 is 2.62 bits per heavy atom. The minimum absolute atomic E-state index is 0.199. The molecule has 1 saturated carbocycles. The summed E-state index contributed by atoms with van der Waals surface area (Å²) in [7, 11) is 0. The molecule has 0 aromatic carbocycles. The smallest absolute Gasteiger partial charge is 0.222 e. The molecule has 1 heterocycles. The number of rotatable bonds is 2. The average molecular weight is 352 g/mol. The fourth-order valence-electron chi connectivity index (χ4n) is 1.98. The van der Waals surface area contributed by atoms with Crippen LogP contribution >= 0.6 is 34.2 Å². The van der Waals surface area contributed by atoms with E-state index in [1.165, 1.54) is 19.3 Å². The monoisotopic (exact) mass is 351 g/mol. The lowest BCUT2D eigenvalue weighted by atomic mass is 10.1. The van der Waals surface area contributed by atoms with Gasteiger partial charge in [0.15, 0.2) is 0 Å². The number of nitrogens with zero attached hydrogens (tertiary/aromatic N) is 2. The maximum Gasteiger partial charge on any atom is 0.222 e. The van der Waals surface area contributed by atoms with Crippen LogP contribution in [0.1, 0.15) is 32.1 Å². The molecule has 1 aliphatic rings. The second-order valence-corrected chi connectivity index (χ2v) is 5.94. The zero-order chi connectivity index (χ0) is 11.4. The molecule has 1 aromatic heterocycles. The molecular formula is C11H15ClIN3. The van der Waals surface area contributed by atoms with Crippen molar-refractivity contribution in [2.75, 3.05) is 5.32 Å². The number of aromatic nitrogens is 2. The van der Waals surface area contributed by atoms with E-state index in [2.05, 4.69) is 37.9 Å². The highest BCUT2D eigenvalue weighted by atomic mass is 127. The van der Waals surface area contributed by atoms with E-state index in [4.69, 9.17) is 11.6 Å². The van der Waals surface area contributed by atoms with Gasteiger partial charge in [-0.2, -0.15) is 0 Å². The molecule has 3 nitrogen and oxygen atoms in total. The minimum Gasteiger partial charge on any atom is -0.350 e. The quantitative estimate of drug-likeness (QED) is 0.504. The molecule has 1 aromatic rings. The van der Waals surface area contributed by atoms with Crippen molar-refractivity contribution in [3.8, 4) is 0 Å². The summed E-state index contributed by atoms with van der Waals surface area (Å²) in [6, 6.07) is 0.309. The number of hydrogen-bond donors (Lipinski definition) is 1. The van der Waals surface area contributed by atoms with Crippen molar-refractivity contribution in [2.45, 2.75) is 43.5 Å². The predicted octanol–water partition coefficient (Wildman–Crippen LogP) is 3.43. The second-order valence-electron chi connectivity index (χ2n) is 4.13. The summed E-state index contributed by atoms with van der Waals surface area (Å²) in [5.41, 5.74) is 0. The van der Waals surface area contributed by atoms with Crippen LogP contribution in [0.15, 0.2) is 12.4 Å². The van der Waals surface area contributed by atoms with E-state index in [1.807, 2.05) is 12.4 Å². The number of hydrogen-bond acceptors (Lipinski definition) is 3. The Balaban J connectivity index is 1.99. The maximum absolute atomic E-state index is 6.35. The molecule has 0 bridgehead atoms. The van der Waals surface area contributed by atoms with Crippen LogP contribution in [0.2, 0.25) is 0 Å². The molecular weight excluding hydrogens is 336 g/mol. The van der Waals surface area contributed by atoms with E-state index in [1.54, 1.807) is 0 Å². The molecule has 1 fully saturated rings. The van der Waals surface area contributed by atoms with Crippen molar-refractivity contribution in [1.82, 2.24) is 9.97 Å². The lowest BCUT2D eigenvalue weighted by molar-refractivity contribution is 0.622. The lowest BCUT2D eigenvalue weighted by Gasteiger charge is -2.20. The summed E-state index contributed by atoms with van der Waals surface area (Å²) in [6.45, 7) is 0. The number of halogens is 2. The highest BCUT2D eigenvalue weighted by Gasteiger charge is 2.21. The summed E-state index contributed by atoms with van der Waals surface area (Å²) < 4.78 is 1.05. The SMILES string of the molecule is ClC1CCCCCC1Nc1ncc(I)cn1. The molecule has 1 N–H and O–H groups in total. The highest BCUT2D eigenvalue weighted by Crippen LogP contribution is 2.24. The van der Waals surface area contributed by atoms with Gasteiger partial charge in [0, 0.05) is 22.0 Å². The van der Waals surface area contributed by atoms with Crippen LogP contribution in [-0.2, 0) is 0 Å². The van der Waals surface area contributed by atoms with Crippen LogP contribution in [0.3, 0.4) is 0 Å². The van der Waals surface area contributed by atoms with E-state index in [0.717, 1.165) is 16.4 Å². The van der Waals surface area contributed by atoms with Gasteiger partial charge in [0.25, 0.3) is 0 Å². The van der Waals surface area contributed by atoms with Gasteiger partial charge in [0.2, 0.25) is 5.95 Å². The van der Waals surface area contributed by atoms with Gasteiger partial charge in [-0.15, -0.1) is 11.6 Å². The molecule has 2 atom stereocenters. The first kappa shape index (κ1) is 12.4. The van der Waals surface area contributed by atoms with E-state index >= 15 is 0 Å². The summed E-state index contributed by atoms with van der Waals surface area (Å²) in [5.74, 6) is 0.693. The Kier molecular flexibility index (Phi) is 4.64. The Hall–Kier alpha value is -0.100. The van der Waals surface area contributed by atoms with Crippen LogP contribution in [-0.4, -0.2) is 21.4 Å². The van der Waals surface area contributed by atoms with Crippen molar-refractivity contribution in [1.29, 1.82) is 0 Å². The fraction of sp³-hybridized carbons (Fsp3) is 0.636. The zero-order valence-corrected chi connectivity index (χ0v) is 11.9. The molecule has 16 heavy (non-hydrogen) atoms. The summed E-state index contributed by atoms with van der Waals surface area (Å²) in [5, 5.41) is 3.54. The molecule has 1 aliphatic carbocycles. The van der Waals surface area contributed by atoms with Crippen molar-refractivity contribution in [2.24, 2.45) is 0 Å². The predicted molar refractivity (Wildman–Crippen MR) is 74.9 cm³/mol. The van der Waals surface area contributed by atoms with Crippen molar-refractivity contribution in [3.63, 3.8) is 0 Å². The third-order valence-electron chi connectivity index (χ3n) is 2.87. The first-order valence-corrected chi connectivity index (χ1v) is 7.15. The van der Waals surface area contributed by atoms with Crippen LogP contribution in [0.25, 0.3) is 0 Å². The standard InChI is InChI=1S/C11H15ClIN3/c12-9-4-2-1-3-5-10(9)16-11-14-6-8(13)7-15-11/h6-7,9-10H,1-5H2,(H,14,15,16). The molecule has 0 saturated heterocycles. The zero-order valence-electron chi connectivity index (χ0n) is 9.00. The van der Waals surface area contributed by atoms with Gasteiger partial charge in [-0.05, 0) is 35.4 Å². The van der Waals surface area contributed by atoms with Crippen molar-refractivity contribution in [3.05, 3.63) is 16.0 Å². The van der Waals surface area contributed by atoms with Crippen LogP contribution in [0, 0.1) is 3.57 Å². The largest absolute Gasteiger partial charge is 0.350 e. The third-order valence-corrected chi connectivity index (χ3v) is 3.95. The topological polar surface area (TPSA) is 37.8 Å². The van der Waals surface area contributed by atoms with Gasteiger partial charge in [0.1, 0.15) is 0 Å². The van der Waals surface area contributed by atoms with E-state index in [-0.39, 0.29) is 5.38 Å². The highest BCUT2D eigenvalue weighted by molar-refractivity contribution is 14.1. The third kappa shape index (κ3) is 3.45. The average Bonchev–Trinajstić information content (AvgIpc) is 2.48. The molecule has 2 unspecified atom stereocenters. The number of nitrogens with one attached hydrogen (secondary N) is 1. The normalized spacial score (nSPS) is 26.1. The molecule has 5 heteroatoms. The van der Waals surface area contributed by atoms with Crippen LogP contribution < -0.4 is 5.32 Å². The summed E-state index contributed by atoms with van der Waals surface area (Å²) in [6.07, 6.45) is 9.60. The first-order chi connectivity index (χ1) is 7.75. The second kappa shape index (κ2) is 6.00. The van der Waals surface area contributed by atoms with Crippen molar-refractivity contribution >= 4 is 40.1 Å². The molecule has 88 valence electrons. The number of alkyl halides is 1. The van der Waals surface area contributed by atoms with Gasteiger partial charge in [-0.25, -0.2) is 9.97 Å². The molecule has 0 radical (unpaired) electrons. The van der Waals surface area contributed by atoms with E-state index < -0.39 is 0 Å². The minimum atomic E-state index is 0.199. The Labute approximate surface area is 115 Å². The molecule has 0 spiro atoms. The Morgan fingerprint density at radius 2 is 1.88 bits per heavy atom. The molecule has 2 rings (SSSR count). The Morgan fingerprint density at radius 1 is 1.19 bits per heavy atom.